The van der Waals surface area contributed by atoms with Crippen LogP contribution in [0.2, 0.25) is 0 Å². The molecule has 1 rings (SSSR count). The number of hydrogen-bond donors (Lipinski definition) is 1. The lowest BCUT2D eigenvalue weighted by atomic mass is 10.3. The summed E-state index contributed by atoms with van der Waals surface area (Å²) in [7, 11) is 0. The summed E-state index contributed by atoms with van der Waals surface area (Å²) in [5, 5.41) is 0.352. The molecule has 0 amide bonds. The molecule has 0 aromatic carbocycles. The predicted molar refractivity (Wildman–Crippen MR) is 35.0 cm³/mol. The van der Waals surface area contributed by atoms with E-state index in [0.29, 0.717) is 5.25 Å². The molecule has 0 fully saturated rings. The highest BCUT2D eigenvalue weighted by molar-refractivity contribution is 7.81. The van der Waals surface area contributed by atoms with Gasteiger partial charge in [0.1, 0.15) is 0 Å². The standard InChI is InChI=1S/C5H7NS/c7-5-2-1-3-6-4-5/h1,3-5,7H,2H2. The van der Waals surface area contributed by atoms with Crippen LogP contribution in [0.4, 0.5) is 0 Å². The van der Waals surface area contributed by atoms with Crippen LogP contribution < -0.4 is 0 Å². The van der Waals surface area contributed by atoms with Gasteiger partial charge in [0.25, 0.3) is 0 Å². The Bertz CT molecular complexity index is 107. The lowest BCUT2D eigenvalue weighted by Crippen LogP contribution is -1.99. The molecule has 1 unspecified atom stereocenters. The minimum Gasteiger partial charge on any atom is -0.268 e. The van der Waals surface area contributed by atoms with Crippen molar-refractivity contribution in [2.75, 3.05) is 0 Å². The van der Waals surface area contributed by atoms with E-state index in [2.05, 4.69) is 17.6 Å². The van der Waals surface area contributed by atoms with E-state index in [1.807, 2.05) is 12.3 Å². The first-order valence-corrected chi connectivity index (χ1v) is 2.77. The van der Waals surface area contributed by atoms with E-state index in [9.17, 15) is 0 Å². The Labute approximate surface area is 48.6 Å². The average molecular weight is 113 g/mol. The van der Waals surface area contributed by atoms with Crippen molar-refractivity contribution >= 4 is 18.8 Å². The van der Waals surface area contributed by atoms with E-state index in [0.717, 1.165) is 6.42 Å². The van der Waals surface area contributed by atoms with Gasteiger partial charge in [0.15, 0.2) is 0 Å². The number of thiol groups is 1. The molecule has 38 valence electrons. The first-order chi connectivity index (χ1) is 3.39. The maximum Gasteiger partial charge on any atom is 0.0405 e. The molecule has 0 aromatic rings. The Hall–Kier alpha value is -0.240. The fourth-order valence-corrected chi connectivity index (χ4v) is 0.670. The van der Waals surface area contributed by atoms with E-state index in [4.69, 9.17) is 0 Å². The van der Waals surface area contributed by atoms with Gasteiger partial charge >= 0.3 is 0 Å². The van der Waals surface area contributed by atoms with Crippen LogP contribution in [0.5, 0.6) is 0 Å². The molecule has 0 aliphatic carbocycles. The van der Waals surface area contributed by atoms with Gasteiger partial charge in [0, 0.05) is 17.7 Å². The summed E-state index contributed by atoms with van der Waals surface area (Å²) in [6.45, 7) is 0. The third-order valence-corrected chi connectivity index (χ3v) is 1.17. The van der Waals surface area contributed by atoms with Gasteiger partial charge in [-0.15, -0.1) is 0 Å². The number of nitrogens with zero attached hydrogens (tertiary/aromatic N) is 1. The lowest BCUT2D eigenvalue weighted by Gasteiger charge is -2.00. The first-order valence-electron chi connectivity index (χ1n) is 2.26. The molecule has 2 heteroatoms. The third kappa shape index (κ3) is 1.35. The summed E-state index contributed by atoms with van der Waals surface area (Å²) >= 11 is 4.16. The maximum atomic E-state index is 4.16. The van der Waals surface area contributed by atoms with Crippen molar-refractivity contribution in [3.63, 3.8) is 0 Å². The summed E-state index contributed by atoms with van der Waals surface area (Å²) < 4.78 is 0. The van der Waals surface area contributed by atoms with E-state index >= 15 is 0 Å². The molecule has 1 nitrogen and oxygen atoms in total. The Morgan fingerprint density at radius 2 is 2.57 bits per heavy atom. The number of allylic oxidation sites excluding steroid dienone is 1. The summed E-state index contributed by atoms with van der Waals surface area (Å²) in [5.41, 5.74) is 0. The lowest BCUT2D eigenvalue weighted by molar-refractivity contribution is 1.11. The van der Waals surface area contributed by atoms with Crippen LogP contribution in [-0.2, 0) is 0 Å². The molecule has 0 radical (unpaired) electrons. The SMILES string of the molecule is SC1C=NC=CC1. The quantitative estimate of drug-likeness (QED) is 0.454. The summed E-state index contributed by atoms with van der Waals surface area (Å²) in [6.07, 6.45) is 6.67. The molecular formula is C5H7NS. The van der Waals surface area contributed by atoms with Gasteiger partial charge in [0.05, 0.1) is 0 Å². The maximum absolute atomic E-state index is 4.16. The molecule has 1 atom stereocenters. The Morgan fingerprint density at radius 3 is 2.86 bits per heavy atom. The highest BCUT2D eigenvalue weighted by Gasteiger charge is 1.95. The van der Waals surface area contributed by atoms with E-state index in [-0.39, 0.29) is 0 Å². The van der Waals surface area contributed by atoms with Crippen molar-refractivity contribution in [3.05, 3.63) is 12.3 Å². The Balaban J connectivity index is 2.49. The van der Waals surface area contributed by atoms with Crippen molar-refractivity contribution in [2.45, 2.75) is 11.7 Å². The molecule has 7 heavy (non-hydrogen) atoms. The van der Waals surface area contributed by atoms with Crippen LogP contribution in [0.15, 0.2) is 17.3 Å². The Kier molecular flexibility index (Phi) is 1.52. The number of rotatable bonds is 0. The van der Waals surface area contributed by atoms with Crippen LogP contribution in [-0.4, -0.2) is 11.5 Å². The highest BCUT2D eigenvalue weighted by Crippen LogP contribution is 2.02. The van der Waals surface area contributed by atoms with Crippen LogP contribution >= 0.6 is 12.6 Å². The highest BCUT2D eigenvalue weighted by atomic mass is 32.1. The second kappa shape index (κ2) is 2.17. The predicted octanol–water partition coefficient (Wildman–Crippen LogP) is 1.27. The zero-order valence-electron chi connectivity index (χ0n) is 3.91. The summed E-state index contributed by atoms with van der Waals surface area (Å²) in [6, 6.07) is 0. The molecule has 0 saturated heterocycles. The van der Waals surface area contributed by atoms with Gasteiger partial charge < -0.3 is 0 Å². The van der Waals surface area contributed by atoms with Crippen molar-refractivity contribution in [3.8, 4) is 0 Å². The van der Waals surface area contributed by atoms with Gasteiger partial charge in [-0.25, -0.2) is 0 Å². The van der Waals surface area contributed by atoms with Gasteiger partial charge in [-0.2, -0.15) is 12.6 Å². The minimum absolute atomic E-state index is 0.352. The van der Waals surface area contributed by atoms with Gasteiger partial charge in [0.2, 0.25) is 0 Å². The minimum atomic E-state index is 0.352. The number of aliphatic imine (C=N–C) groups is 1. The molecule has 1 heterocycles. The molecule has 0 aromatic heterocycles. The van der Waals surface area contributed by atoms with Crippen LogP contribution in [0, 0.1) is 0 Å². The van der Waals surface area contributed by atoms with Gasteiger partial charge in [-0.05, 0) is 6.42 Å². The van der Waals surface area contributed by atoms with Crippen molar-refractivity contribution in [1.29, 1.82) is 0 Å². The van der Waals surface area contributed by atoms with E-state index < -0.39 is 0 Å². The summed E-state index contributed by atoms with van der Waals surface area (Å²) in [4.78, 5) is 3.88. The molecule has 1 aliphatic heterocycles. The fourth-order valence-electron chi connectivity index (χ4n) is 0.471. The Morgan fingerprint density at radius 1 is 1.71 bits per heavy atom. The second-order valence-corrected chi connectivity index (χ2v) is 2.15. The largest absolute Gasteiger partial charge is 0.268 e. The smallest absolute Gasteiger partial charge is 0.0405 e. The van der Waals surface area contributed by atoms with Crippen LogP contribution in [0.25, 0.3) is 0 Å². The normalized spacial score (nSPS) is 28.4. The van der Waals surface area contributed by atoms with Crippen molar-refractivity contribution < 1.29 is 0 Å². The molecule has 0 saturated carbocycles. The van der Waals surface area contributed by atoms with Crippen LogP contribution in [0.1, 0.15) is 6.42 Å². The third-order valence-electron chi connectivity index (χ3n) is 0.827. The van der Waals surface area contributed by atoms with Crippen molar-refractivity contribution in [2.24, 2.45) is 4.99 Å². The summed E-state index contributed by atoms with van der Waals surface area (Å²) in [5.74, 6) is 0. The van der Waals surface area contributed by atoms with E-state index in [1.165, 1.54) is 0 Å². The zero-order valence-corrected chi connectivity index (χ0v) is 4.81. The monoisotopic (exact) mass is 113 g/mol. The molecule has 0 bridgehead atoms. The second-order valence-electron chi connectivity index (χ2n) is 1.49. The molecule has 0 spiro atoms. The molecular weight excluding hydrogens is 106 g/mol. The van der Waals surface area contributed by atoms with Gasteiger partial charge in [-0.1, -0.05) is 6.08 Å². The van der Waals surface area contributed by atoms with Crippen molar-refractivity contribution in [1.82, 2.24) is 0 Å². The zero-order chi connectivity index (χ0) is 5.11. The fraction of sp³-hybridized carbons (Fsp3) is 0.400. The topological polar surface area (TPSA) is 12.4 Å². The number of hydrogen-bond acceptors (Lipinski definition) is 2. The van der Waals surface area contributed by atoms with E-state index in [1.54, 1.807) is 6.20 Å². The van der Waals surface area contributed by atoms with Gasteiger partial charge in [-0.3, -0.25) is 4.99 Å². The molecule has 1 aliphatic rings. The average Bonchev–Trinajstić information content (AvgIpc) is 1.69. The first kappa shape index (κ1) is 4.91. The molecule has 0 N–H and O–H groups in total. The van der Waals surface area contributed by atoms with Crippen LogP contribution in [0.3, 0.4) is 0 Å².